The Balaban J connectivity index is 1.69. The molecule has 1 aromatic rings. The van der Waals surface area contributed by atoms with Crippen LogP contribution >= 0.6 is 0 Å². The van der Waals surface area contributed by atoms with Crippen LogP contribution in [0.25, 0.3) is 0 Å². The maximum Gasteiger partial charge on any atom is 0.0538 e. The van der Waals surface area contributed by atoms with Crippen molar-refractivity contribution in [3.63, 3.8) is 0 Å². The van der Waals surface area contributed by atoms with Gasteiger partial charge in [-0.05, 0) is 19.3 Å². The molecule has 5 nitrogen and oxygen atoms in total. The minimum Gasteiger partial charge on any atom is -0.326 e. The fourth-order valence-electron chi connectivity index (χ4n) is 3.37. The fourth-order valence-corrected chi connectivity index (χ4v) is 3.37. The molecule has 1 saturated carbocycles. The number of piperazine rings is 1. The highest BCUT2D eigenvalue weighted by Crippen LogP contribution is 2.30. The number of hydrogen-bond donors (Lipinski definition) is 1. The molecule has 1 aromatic heterocycles. The Bertz CT molecular complexity index is 431. The van der Waals surface area contributed by atoms with Crippen molar-refractivity contribution in [2.24, 2.45) is 12.8 Å². The summed E-state index contributed by atoms with van der Waals surface area (Å²) < 4.78 is 1.88. The molecule has 2 fully saturated rings. The third kappa shape index (κ3) is 2.90. The third-order valence-electron chi connectivity index (χ3n) is 4.75. The molecule has 2 heterocycles. The SMILES string of the molecule is CCC(N)C(c1cnn(C)c1)N1CCN(C2CC2)CC1. The van der Waals surface area contributed by atoms with Crippen LogP contribution in [0.5, 0.6) is 0 Å². The summed E-state index contributed by atoms with van der Waals surface area (Å²) in [6, 6.07) is 1.38. The molecule has 2 N–H and O–H groups in total. The van der Waals surface area contributed by atoms with E-state index in [0.717, 1.165) is 25.6 Å². The van der Waals surface area contributed by atoms with E-state index in [1.54, 1.807) is 0 Å². The Hall–Kier alpha value is -0.910. The largest absolute Gasteiger partial charge is 0.326 e. The predicted octanol–water partition coefficient (Wildman–Crippen LogP) is 0.979. The zero-order valence-corrected chi connectivity index (χ0v) is 12.7. The highest BCUT2D eigenvalue weighted by atomic mass is 15.3. The van der Waals surface area contributed by atoms with Crippen molar-refractivity contribution in [2.75, 3.05) is 26.2 Å². The smallest absolute Gasteiger partial charge is 0.0538 e. The summed E-state index contributed by atoms with van der Waals surface area (Å²) in [5, 5.41) is 4.33. The Labute approximate surface area is 121 Å². The summed E-state index contributed by atoms with van der Waals surface area (Å²) in [4.78, 5) is 5.21. The van der Waals surface area contributed by atoms with E-state index in [2.05, 4.69) is 28.0 Å². The zero-order chi connectivity index (χ0) is 14.1. The third-order valence-corrected chi connectivity index (χ3v) is 4.75. The number of hydrogen-bond acceptors (Lipinski definition) is 4. The lowest BCUT2D eigenvalue weighted by atomic mass is 9.98. The van der Waals surface area contributed by atoms with E-state index >= 15 is 0 Å². The lowest BCUT2D eigenvalue weighted by Crippen LogP contribution is -2.51. The van der Waals surface area contributed by atoms with Crippen LogP contribution in [-0.2, 0) is 7.05 Å². The summed E-state index contributed by atoms with van der Waals surface area (Å²) in [6.45, 7) is 6.82. The Kier molecular flexibility index (Phi) is 4.10. The molecular formula is C15H27N5. The van der Waals surface area contributed by atoms with Crippen molar-refractivity contribution < 1.29 is 0 Å². The molecule has 2 atom stereocenters. The Morgan fingerprint density at radius 2 is 2.00 bits per heavy atom. The molecule has 1 aliphatic carbocycles. The summed E-state index contributed by atoms with van der Waals surface area (Å²) in [5.41, 5.74) is 7.67. The second-order valence-corrected chi connectivity index (χ2v) is 6.27. The molecule has 3 rings (SSSR count). The highest BCUT2D eigenvalue weighted by molar-refractivity contribution is 5.14. The molecule has 0 spiro atoms. The van der Waals surface area contributed by atoms with Crippen LogP contribution in [-0.4, -0.2) is 57.8 Å². The van der Waals surface area contributed by atoms with Crippen LogP contribution in [0.2, 0.25) is 0 Å². The van der Waals surface area contributed by atoms with Crippen molar-refractivity contribution in [3.05, 3.63) is 18.0 Å². The maximum atomic E-state index is 6.40. The van der Waals surface area contributed by atoms with Crippen LogP contribution < -0.4 is 5.73 Å². The number of nitrogens with zero attached hydrogens (tertiary/aromatic N) is 4. The zero-order valence-electron chi connectivity index (χ0n) is 12.7. The number of aromatic nitrogens is 2. The fraction of sp³-hybridized carbons (Fsp3) is 0.800. The van der Waals surface area contributed by atoms with Gasteiger partial charge in [0, 0.05) is 57.1 Å². The van der Waals surface area contributed by atoms with Crippen molar-refractivity contribution in [3.8, 4) is 0 Å². The molecule has 0 bridgehead atoms. The topological polar surface area (TPSA) is 50.3 Å². The van der Waals surface area contributed by atoms with Gasteiger partial charge >= 0.3 is 0 Å². The summed E-state index contributed by atoms with van der Waals surface area (Å²) in [6.07, 6.45) is 7.91. The van der Waals surface area contributed by atoms with E-state index in [4.69, 9.17) is 5.73 Å². The van der Waals surface area contributed by atoms with E-state index in [1.165, 1.54) is 31.5 Å². The van der Waals surface area contributed by atoms with E-state index in [9.17, 15) is 0 Å². The maximum absolute atomic E-state index is 6.40. The average molecular weight is 277 g/mol. The summed E-state index contributed by atoms with van der Waals surface area (Å²) in [7, 11) is 1.98. The molecule has 2 unspecified atom stereocenters. The molecule has 0 aromatic carbocycles. The van der Waals surface area contributed by atoms with E-state index < -0.39 is 0 Å². The van der Waals surface area contributed by atoms with Gasteiger partial charge in [0.2, 0.25) is 0 Å². The lowest BCUT2D eigenvalue weighted by Gasteiger charge is -2.41. The Morgan fingerprint density at radius 1 is 1.30 bits per heavy atom. The van der Waals surface area contributed by atoms with E-state index in [1.807, 2.05) is 17.9 Å². The number of rotatable bonds is 5. The van der Waals surface area contributed by atoms with Crippen molar-refractivity contribution in [1.82, 2.24) is 19.6 Å². The predicted molar refractivity (Wildman–Crippen MR) is 80.4 cm³/mol. The molecule has 20 heavy (non-hydrogen) atoms. The first-order valence-corrected chi connectivity index (χ1v) is 7.91. The molecule has 2 aliphatic rings. The average Bonchev–Trinajstić information content (AvgIpc) is 3.23. The summed E-state index contributed by atoms with van der Waals surface area (Å²) >= 11 is 0. The quantitative estimate of drug-likeness (QED) is 0.871. The van der Waals surface area contributed by atoms with Gasteiger partial charge in [0.15, 0.2) is 0 Å². The molecule has 0 radical (unpaired) electrons. The number of aryl methyl sites for hydroxylation is 1. The Morgan fingerprint density at radius 3 is 2.50 bits per heavy atom. The standard InChI is InChI=1S/C15H27N5/c1-3-14(16)15(12-10-17-18(2)11-12)20-8-6-19(7-9-20)13-4-5-13/h10-11,13-15H,3-9,16H2,1-2H3. The van der Waals surface area contributed by atoms with Gasteiger partial charge in [-0.1, -0.05) is 6.92 Å². The monoisotopic (exact) mass is 277 g/mol. The van der Waals surface area contributed by atoms with Gasteiger partial charge in [-0.15, -0.1) is 0 Å². The first-order valence-electron chi connectivity index (χ1n) is 7.91. The van der Waals surface area contributed by atoms with Gasteiger partial charge in [0.05, 0.1) is 12.2 Å². The molecule has 1 saturated heterocycles. The van der Waals surface area contributed by atoms with Crippen LogP contribution in [0.15, 0.2) is 12.4 Å². The molecular weight excluding hydrogens is 250 g/mol. The van der Waals surface area contributed by atoms with Crippen LogP contribution in [0, 0.1) is 0 Å². The first-order chi connectivity index (χ1) is 9.69. The minimum absolute atomic E-state index is 0.187. The van der Waals surface area contributed by atoms with Crippen molar-refractivity contribution in [2.45, 2.75) is 44.3 Å². The summed E-state index contributed by atoms with van der Waals surface area (Å²) in [5.74, 6) is 0. The molecule has 112 valence electrons. The van der Waals surface area contributed by atoms with Crippen molar-refractivity contribution in [1.29, 1.82) is 0 Å². The second-order valence-electron chi connectivity index (χ2n) is 6.27. The molecule has 1 aliphatic heterocycles. The van der Waals surface area contributed by atoms with Gasteiger partial charge in [0.1, 0.15) is 0 Å². The second kappa shape index (κ2) is 5.84. The highest BCUT2D eigenvalue weighted by Gasteiger charge is 2.34. The normalized spacial score (nSPS) is 24.8. The van der Waals surface area contributed by atoms with E-state index in [-0.39, 0.29) is 6.04 Å². The minimum atomic E-state index is 0.187. The van der Waals surface area contributed by atoms with Gasteiger partial charge < -0.3 is 5.73 Å². The van der Waals surface area contributed by atoms with Crippen LogP contribution in [0.1, 0.15) is 37.8 Å². The lowest BCUT2D eigenvalue weighted by molar-refractivity contribution is 0.0795. The van der Waals surface area contributed by atoms with Gasteiger partial charge in [-0.2, -0.15) is 5.10 Å². The van der Waals surface area contributed by atoms with Gasteiger partial charge in [0.25, 0.3) is 0 Å². The van der Waals surface area contributed by atoms with Gasteiger partial charge in [-0.25, -0.2) is 0 Å². The molecule has 5 heteroatoms. The first kappa shape index (κ1) is 14.0. The van der Waals surface area contributed by atoms with Gasteiger partial charge in [-0.3, -0.25) is 14.5 Å². The van der Waals surface area contributed by atoms with E-state index in [0.29, 0.717) is 6.04 Å². The molecule has 0 amide bonds. The van der Waals surface area contributed by atoms with Crippen molar-refractivity contribution >= 4 is 0 Å². The van der Waals surface area contributed by atoms with Crippen LogP contribution in [0.4, 0.5) is 0 Å². The number of nitrogens with two attached hydrogens (primary N) is 1. The van der Waals surface area contributed by atoms with Crippen LogP contribution in [0.3, 0.4) is 0 Å².